The second-order valence-electron chi connectivity index (χ2n) is 5.86. The second-order valence-corrected chi connectivity index (χ2v) is 5.86. The van der Waals surface area contributed by atoms with E-state index < -0.39 is 11.1 Å². The van der Waals surface area contributed by atoms with Gasteiger partial charge in [0.1, 0.15) is 5.60 Å². The highest BCUT2D eigenvalue weighted by Crippen LogP contribution is 2.38. The zero-order chi connectivity index (χ0) is 14.8. The summed E-state index contributed by atoms with van der Waals surface area (Å²) in [6.07, 6.45) is 1.32. The zero-order valence-corrected chi connectivity index (χ0v) is 12.0. The number of hydrogen-bond donors (Lipinski definition) is 3. The minimum absolute atomic E-state index is 0.0296. The standard InChI is InChI=1S/C18H21NO2/c20-14-17(15-7-3-1-4-8-15)11-12-18(21,13-19-17)16-9-5-2-6-10-16/h1-10,19-21H,11-14H2/t17-,18-/m1/s1. The van der Waals surface area contributed by atoms with E-state index >= 15 is 0 Å². The van der Waals surface area contributed by atoms with E-state index in [1.165, 1.54) is 0 Å². The predicted octanol–water partition coefficient (Wildman–Crippen LogP) is 2.15. The van der Waals surface area contributed by atoms with E-state index in [2.05, 4.69) is 5.32 Å². The number of piperidine rings is 1. The molecule has 2 aromatic rings. The molecule has 0 unspecified atom stereocenters. The largest absolute Gasteiger partial charge is 0.394 e. The van der Waals surface area contributed by atoms with E-state index in [4.69, 9.17) is 0 Å². The van der Waals surface area contributed by atoms with E-state index in [1.807, 2.05) is 60.7 Å². The molecule has 21 heavy (non-hydrogen) atoms. The summed E-state index contributed by atoms with van der Waals surface area (Å²) in [7, 11) is 0. The highest BCUT2D eigenvalue weighted by Gasteiger charge is 2.42. The Balaban J connectivity index is 1.83. The highest BCUT2D eigenvalue weighted by atomic mass is 16.3. The number of benzene rings is 2. The summed E-state index contributed by atoms with van der Waals surface area (Å²) in [5, 5.41) is 24.2. The fraction of sp³-hybridized carbons (Fsp3) is 0.333. The average Bonchev–Trinajstić information content (AvgIpc) is 2.58. The second kappa shape index (κ2) is 5.60. The van der Waals surface area contributed by atoms with Crippen LogP contribution in [0.3, 0.4) is 0 Å². The molecule has 2 aromatic carbocycles. The Morgan fingerprint density at radius 1 is 0.857 bits per heavy atom. The van der Waals surface area contributed by atoms with Crippen molar-refractivity contribution in [3.05, 3.63) is 71.8 Å². The van der Waals surface area contributed by atoms with Gasteiger partial charge in [-0.15, -0.1) is 0 Å². The Bertz CT molecular complexity index is 575. The first kappa shape index (κ1) is 14.3. The average molecular weight is 283 g/mol. The molecule has 3 heteroatoms. The Hall–Kier alpha value is -1.68. The van der Waals surface area contributed by atoms with Crippen LogP contribution in [-0.4, -0.2) is 23.4 Å². The van der Waals surface area contributed by atoms with Gasteiger partial charge in [-0.1, -0.05) is 60.7 Å². The summed E-state index contributed by atoms with van der Waals surface area (Å²) < 4.78 is 0. The van der Waals surface area contributed by atoms with Gasteiger partial charge in [-0.05, 0) is 24.0 Å². The molecular formula is C18H21NO2. The fourth-order valence-corrected chi connectivity index (χ4v) is 3.14. The molecule has 110 valence electrons. The molecular weight excluding hydrogens is 262 g/mol. The van der Waals surface area contributed by atoms with Gasteiger partial charge < -0.3 is 15.5 Å². The third-order valence-electron chi connectivity index (χ3n) is 4.59. The molecule has 0 amide bonds. The Kier molecular flexibility index (Phi) is 3.81. The monoisotopic (exact) mass is 283 g/mol. The summed E-state index contributed by atoms with van der Waals surface area (Å²) >= 11 is 0. The highest BCUT2D eigenvalue weighted by molar-refractivity contribution is 5.29. The summed E-state index contributed by atoms with van der Waals surface area (Å²) in [4.78, 5) is 0. The molecule has 0 radical (unpaired) electrons. The van der Waals surface area contributed by atoms with Crippen molar-refractivity contribution in [1.82, 2.24) is 5.32 Å². The maximum atomic E-state index is 10.9. The van der Waals surface area contributed by atoms with E-state index in [0.717, 1.165) is 11.1 Å². The molecule has 0 aromatic heterocycles. The van der Waals surface area contributed by atoms with Crippen molar-refractivity contribution in [3.63, 3.8) is 0 Å². The molecule has 0 saturated carbocycles. The molecule has 1 aliphatic rings. The van der Waals surface area contributed by atoms with Crippen molar-refractivity contribution < 1.29 is 10.2 Å². The topological polar surface area (TPSA) is 52.5 Å². The van der Waals surface area contributed by atoms with Crippen molar-refractivity contribution in [2.45, 2.75) is 24.0 Å². The number of aliphatic hydroxyl groups excluding tert-OH is 1. The lowest BCUT2D eigenvalue weighted by molar-refractivity contribution is -0.0295. The third kappa shape index (κ3) is 2.60. The molecule has 1 fully saturated rings. The van der Waals surface area contributed by atoms with Gasteiger partial charge in [0, 0.05) is 6.54 Å². The van der Waals surface area contributed by atoms with Crippen LogP contribution in [0.15, 0.2) is 60.7 Å². The van der Waals surface area contributed by atoms with Crippen LogP contribution in [0.1, 0.15) is 24.0 Å². The fourth-order valence-electron chi connectivity index (χ4n) is 3.14. The smallest absolute Gasteiger partial charge is 0.102 e. The molecule has 1 heterocycles. The lowest BCUT2D eigenvalue weighted by Gasteiger charge is -2.44. The van der Waals surface area contributed by atoms with Crippen molar-refractivity contribution >= 4 is 0 Å². The van der Waals surface area contributed by atoms with Crippen LogP contribution in [0, 0.1) is 0 Å². The lowest BCUT2D eigenvalue weighted by Crippen LogP contribution is -2.56. The summed E-state index contributed by atoms with van der Waals surface area (Å²) in [5.74, 6) is 0. The molecule has 0 aliphatic carbocycles. The van der Waals surface area contributed by atoms with Crippen LogP contribution in [-0.2, 0) is 11.1 Å². The van der Waals surface area contributed by atoms with Crippen LogP contribution >= 0.6 is 0 Å². The normalized spacial score (nSPS) is 29.2. The van der Waals surface area contributed by atoms with Gasteiger partial charge in [0.15, 0.2) is 0 Å². The first-order valence-corrected chi connectivity index (χ1v) is 7.38. The van der Waals surface area contributed by atoms with E-state index in [1.54, 1.807) is 0 Å². The lowest BCUT2D eigenvalue weighted by atomic mass is 9.75. The van der Waals surface area contributed by atoms with Gasteiger partial charge in [0.05, 0.1) is 12.1 Å². The zero-order valence-electron chi connectivity index (χ0n) is 12.0. The number of aliphatic hydroxyl groups is 2. The van der Waals surface area contributed by atoms with Gasteiger partial charge in [-0.2, -0.15) is 0 Å². The number of rotatable bonds is 3. The molecule has 3 N–H and O–H groups in total. The Morgan fingerprint density at radius 3 is 1.90 bits per heavy atom. The first-order valence-electron chi connectivity index (χ1n) is 7.38. The van der Waals surface area contributed by atoms with Crippen LogP contribution in [0.4, 0.5) is 0 Å². The minimum Gasteiger partial charge on any atom is -0.394 e. The van der Waals surface area contributed by atoms with Gasteiger partial charge >= 0.3 is 0 Å². The van der Waals surface area contributed by atoms with Gasteiger partial charge in [-0.25, -0.2) is 0 Å². The Labute approximate surface area is 125 Å². The SMILES string of the molecule is OC[C@@]1(c2ccccc2)CC[C@](O)(c2ccccc2)CN1. The summed E-state index contributed by atoms with van der Waals surface area (Å²) in [6, 6.07) is 19.7. The first-order chi connectivity index (χ1) is 10.2. The molecule has 1 saturated heterocycles. The van der Waals surface area contributed by atoms with Crippen molar-refractivity contribution in [2.24, 2.45) is 0 Å². The molecule has 0 bridgehead atoms. The van der Waals surface area contributed by atoms with Gasteiger partial charge in [0.25, 0.3) is 0 Å². The van der Waals surface area contributed by atoms with Crippen molar-refractivity contribution in [3.8, 4) is 0 Å². The molecule has 3 nitrogen and oxygen atoms in total. The number of nitrogens with one attached hydrogen (secondary N) is 1. The molecule has 2 atom stereocenters. The predicted molar refractivity (Wildman–Crippen MR) is 82.8 cm³/mol. The Morgan fingerprint density at radius 2 is 1.43 bits per heavy atom. The van der Waals surface area contributed by atoms with Crippen LogP contribution in [0.2, 0.25) is 0 Å². The number of β-amino-alcohol motifs (C(OH)–C–C–N with tert-alkyl or cyclic N) is 1. The minimum atomic E-state index is -0.866. The molecule has 3 rings (SSSR count). The van der Waals surface area contributed by atoms with Crippen molar-refractivity contribution in [2.75, 3.05) is 13.2 Å². The number of hydrogen-bond acceptors (Lipinski definition) is 3. The van der Waals surface area contributed by atoms with Crippen LogP contribution < -0.4 is 5.32 Å². The van der Waals surface area contributed by atoms with Crippen LogP contribution in [0.5, 0.6) is 0 Å². The van der Waals surface area contributed by atoms with E-state index in [9.17, 15) is 10.2 Å². The quantitative estimate of drug-likeness (QED) is 0.809. The van der Waals surface area contributed by atoms with E-state index in [0.29, 0.717) is 19.4 Å². The van der Waals surface area contributed by atoms with Gasteiger partial charge in [0.2, 0.25) is 0 Å². The maximum absolute atomic E-state index is 10.9. The van der Waals surface area contributed by atoms with Gasteiger partial charge in [-0.3, -0.25) is 0 Å². The molecule has 0 spiro atoms. The van der Waals surface area contributed by atoms with Crippen molar-refractivity contribution in [1.29, 1.82) is 0 Å². The maximum Gasteiger partial charge on any atom is 0.102 e. The van der Waals surface area contributed by atoms with E-state index in [-0.39, 0.29) is 6.61 Å². The molecule has 1 aliphatic heterocycles. The third-order valence-corrected chi connectivity index (χ3v) is 4.59. The summed E-state index contributed by atoms with van der Waals surface area (Å²) in [6.45, 7) is 0.467. The summed E-state index contributed by atoms with van der Waals surface area (Å²) in [5.41, 5.74) is 0.677. The van der Waals surface area contributed by atoms with Crippen LogP contribution in [0.25, 0.3) is 0 Å².